The molecule has 0 fully saturated rings. The molecule has 1 aliphatic heterocycles. The maximum absolute atomic E-state index is 4.23. The summed E-state index contributed by atoms with van der Waals surface area (Å²) in [5.41, 5.74) is 4.27. The van der Waals surface area contributed by atoms with Gasteiger partial charge >= 0.3 is 0 Å². The summed E-state index contributed by atoms with van der Waals surface area (Å²) in [5, 5.41) is 0. The summed E-state index contributed by atoms with van der Waals surface area (Å²) < 4.78 is 0. The van der Waals surface area contributed by atoms with Crippen molar-refractivity contribution in [3.05, 3.63) is 34.9 Å². The summed E-state index contributed by atoms with van der Waals surface area (Å²) in [4.78, 5) is 4.23. The number of aryl methyl sites for hydroxylation is 1. The normalized spacial score (nSPS) is 14.6. The van der Waals surface area contributed by atoms with E-state index in [1.165, 1.54) is 16.7 Å². The molecule has 0 N–H and O–H groups in total. The lowest BCUT2D eigenvalue weighted by atomic mass is 9.98. The Bertz CT molecular complexity index is 300. The molecule has 56 valence electrons. The first-order valence-electron chi connectivity index (χ1n) is 3.93. The Morgan fingerprint density at radius 2 is 2.27 bits per heavy atom. The standard InChI is InChI=1S/C10H11N/c1-8-3-2-4-9-7-11-6-5-10(8)9/h2-4,6H,5,7H2,1H3. The van der Waals surface area contributed by atoms with Crippen LogP contribution in [0.3, 0.4) is 0 Å². The van der Waals surface area contributed by atoms with Gasteiger partial charge in [-0.15, -0.1) is 0 Å². The minimum atomic E-state index is 0.872. The van der Waals surface area contributed by atoms with Gasteiger partial charge in [0.05, 0.1) is 6.54 Å². The third-order valence-corrected chi connectivity index (χ3v) is 2.19. The Labute approximate surface area is 66.8 Å². The molecule has 1 heteroatoms. The monoisotopic (exact) mass is 145 g/mol. The van der Waals surface area contributed by atoms with Crippen molar-refractivity contribution in [2.75, 3.05) is 0 Å². The molecule has 2 rings (SSSR count). The summed E-state index contributed by atoms with van der Waals surface area (Å²) in [6.07, 6.45) is 3.03. The molecular formula is C10H11N. The topological polar surface area (TPSA) is 12.4 Å². The van der Waals surface area contributed by atoms with Gasteiger partial charge in [0.25, 0.3) is 0 Å². The highest BCUT2D eigenvalue weighted by atomic mass is 14.7. The number of aliphatic imine (C=N–C) groups is 1. The first-order chi connectivity index (χ1) is 5.38. The van der Waals surface area contributed by atoms with Crippen LogP contribution in [0, 0.1) is 6.92 Å². The molecule has 0 unspecified atom stereocenters. The van der Waals surface area contributed by atoms with E-state index in [4.69, 9.17) is 0 Å². The Balaban J connectivity index is 2.54. The number of hydrogen-bond donors (Lipinski definition) is 0. The van der Waals surface area contributed by atoms with E-state index in [1.807, 2.05) is 6.21 Å². The maximum atomic E-state index is 4.23. The number of rotatable bonds is 0. The van der Waals surface area contributed by atoms with Crippen LogP contribution in [0.5, 0.6) is 0 Å². The van der Waals surface area contributed by atoms with Gasteiger partial charge in [-0.3, -0.25) is 4.99 Å². The van der Waals surface area contributed by atoms with E-state index in [1.54, 1.807) is 0 Å². The number of fused-ring (bicyclic) bond motifs is 1. The van der Waals surface area contributed by atoms with Gasteiger partial charge in [-0.1, -0.05) is 18.2 Å². The van der Waals surface area contributed by atoms with E-state index in [2.05, 4.69) is 30.1 Å². The van der Waals surface area contributed by atoms with E-state index in [0.29, 0.717) is 0 Å². The smallest absolute Gasteiger partial charge is 0.0638 e. The summed E-state index contributed by atoms with van der Waals surface area (Å²) in [6, 6.07) is 6.44. The molecule has 0 aromatic heterocycles. The average Bonchev–Trinajstić information content (AvgIpc) is 2.06. The summed E-state index contributed by atoms with van der Waals surface area (Å²) in [7, 11) is 0. The maximum Gasteiger partial charge on any atom is 0.0638 e. The quantitative estimate of drug-likeness (QED) is 0.530. The number of benzene rings is 1. The predicted octanol–water partition coefficient (Wildman–Crippen LogP) is 2.12. The molecule has 0 atom stereocenters. The van der Waals surface area contributed by atoms with Gasteiger partial charge in [0.1, 0.15) is 0 Å². The molecule has 1 aliphatic rings. The molecule has 0 bridgehead atoms. The number of hydrogen-bond acceptors (Lipinski definition) is 1. The van der Waals surface area contributed by atoms with E-state index >= 15 is 0 Å². The van der Waals surface area contributed by atoms with Crippen molar-refractivity contribution in [2.45, 2.75) is 19.9 Å². The zero-order valence-corrected chi connectivity index (χ0v) is 6.67. The van der Waals surface area contributed by atoms with Gasteiger partial charge in [-0.2, -0.15) is 0 Å². The SMILES string of the molecule is Cc1cccc2c1CC=NC2. The van der Waals surface area contributed by atoms with Crippen molar-refractivity contribution in [1.82, 2.24) is 0 Å². The highest BCUT2D eigenvalue weighted by molar-refractivity contribution is 5.65. The second-order valence-corrected chi connectivity index (χ2v) is 2.94. The van der Waals surface area contributed by atoms with Crippen LogP contribution in [0.15, 0.2) is 23.2 Å². The fourth-order valence-electron chi connectivity index (χ4n) is 1.52. The average molecular weight is 145 g/mol. The molecule has 1 nitrogen and oxygen atoms in total. The molecule has 1 aromatic rings. The molecule has 1 aromatic carbocycles. The molecule has 0 spiro atoms. The van der Waals surface area contributed by atoms with Crippen LogP contribution in [-0.4, -0.2) is 6.21 Å². The third kappa shape index (κ3) is 1.07. The third-order valence-electron chi connectivity index (χ3n) is 2.19. The van der Waals surface area contributed by atoms with Crippen LogP contribution in [0.2, 0.25) is 0 Å². The van der Waals surface area contributed by atoms with Crippen LogP contribution in [0.4, 0.5) is 0 Å². The minimum Gasteiger partial charge on any atom is -0.292 e. The lowest BCUT2D eigenvalue weighted by Crippen LogP contribution is -2.02. The lowest BCUT2D eigenvalue weighted by Gasteiger charge is -2.12. The molecule has 0 saturated carbocycles. The fourth-order valence-corrected chi connectivity index (χ4v) is 1.52. The van der Waals surface area contributed by atoms with Crippen molar-refractivity contribution in [3.8, 4) is 0 Å². The van der Waals surface area contributed by atoms with E-state index < -0.39 is 0 Å². The van der Waals surface area contributed by atoms with Crippen molar-refractivity contribution in [1.29, 1.82) is 0 Å². The molecular weight excluding hydrogens is 134 g/mol. The van der Waals surface area contributed by atoms with Crippen LogP contribution >= 0.6 is 0 Å². The van der Waals surface area contributed by atoms with Gasteiger partial charge in [0.2, 0.25) is 0 Å². The Kier molecular flexibility index (Phi) is 1.50. The fraction of sp³-hybridized carbons (Fsp3) is 0.300. The first kappa shape index (κ1) is 6.59. The summed E-state index contributed by atoms with van der Waals surface area (Å²) >= 11 is 0. The summed E-state index contributed by atoms with van der Waals surface area (Å²) in [6.45, 7) is 3.04. The Hall–Kier alpha value is -1.11. The zero-order valence-electron chi connectivity index (χ0n) is 6.67. The summed E-state index contributed by atoms with van der Waals surface area (Å²) in [5.74, 6) is 0. The largest absolute Gasteiger partial charge is 0.292 e. The molecule has 0 saturated heterocycles. The molecule has 0 radical (unpaired) electrons. The van der Waals surface area contributed by atoms with Crippen LogP contribution in [-0.2, 0) is 13.0 Å². The highest BCUT2D eigenvalue weighted by Crippen LogP contribution is 2.17. The number of nitrogens with zero attached hydrogens (tertiary/aromatic N) is 1. The zero-order chi connectivity index (χ0) is 7.68. The second-order valence-electron chi connectivity index (χ2n) is 2.94. The van der Waals surface area contributed by atoms with Gasteiger partial charge in [-0.25, -0.2) is 0 Å². The highest BCUT2D eigenvalue weighted by Gasteiger charge is 2.05. The predicted molar refractivity (Wildman–Crippen MR) is 47.1 cm³/mol. The van der Waals surface area contributed by atoms with E-state index in [9.17, 15) is 0 Å². The van der Waals surface area contributed by atoms with E-state index in [0.717, 1.165) is 13.0 Å². The minimum absolute atomic E-state index is 0.872. The van der Waals surface area contributed by atoms with Gasteiger partial charge in [0, 0.05) is 12.6 Å². The molecule has 11 heavy (non-hydrogen) atoms. The van der Waals surface area contributed by atoms with Crippen LogP contribution < -0.4 is 0 Å². The van der Waals surface area contributed by atoms with E-state index in [-0.39, 0.29) is 0 Å². The molecule has 1 heterocycles. The molecule has 0 aliphatic carbocycles. The van der Waals surface area contributed by atoms with Crippen molar-refractivity contribution < 1.29 is 0 Å². The Morgan fingerprint density at radius 1 is 1.36 bits per heavy atom. The van der Waals surface area contributed by atoms with Crippen molar-refractivity contribution >= 4 is 6.21 Å². The van der Waals surface area contributed by atoms with Gasteiger partial charge in [0.15, 0.2) is 0 Å². The van der Waals surface area contributed by atoms with Gasteiger partial charge < -0.3 is 0 Å². The van der Waals surface area contributed by atoms with Crippen molar-refractivity contribution in [2.24, 2.45) is 4.99 Å². The van der Waals surface area contributed by atoms with Gasteiger partial charge in [-0.05, 0) is 23.6 Å². The van der Waals surface area contributed by atoms with Crippen molar-refractivity contribution in [3.63, 3.8) is 0 Å². The molecule has 0 amide bonds. The van der Waals surface area contributed by atoms with Crippen LogP contribution in [0.25, 0.3) is 0 Å². The Morgan fingerprint density at radius 3 is 3.09 bits per heavy atom. The lowest BCUT2D eigenvalue weighted by molar-refractivity contribution is 0.993. The second kappa shape index (κ2) is 2.50. The van der Waals surface area contributed by atoms with Crippen LogP contribution in [0.1, 0.15) is 16.7 Å². The first-order valence-corrected chi connectivity index (χ1v) is 3.93.